The van der Waals surface area contributed by atoms with Gasteiger partial charge in [0, 0.05) is 18.2 Å². The maximum absolute atomic E-state index is 8.58. The first-order valence-electron chi connectivity index (χ1n) is 3.34. The van der Waals surface area contributed by atoms with Crippen molar-refractivity contribution in [3.63, 3.8) is 0 Å². The Kier molecular flexibility index (Phi) is 3.11. The van der Waals surface area contributed by atoms with Crippen LogP contribution in [-0.2, 0) is 0 Å². The van der Waals surface area contributed by atoms with Crippen LogP contribution in [0.1, 0.15) is 18.0 Å². The molecule has 0 bridgehead atoms. The lowest BCUT2D eigenvalue weighted by atomic mass is 10.1. The number of hydrogen-bond acceptors (Lipinski definition) is 3. The van der Waals surface area contributed by atoms with E-state index < -0.39 is 0 Å². The van der Waals surface area contributed by atoms with Crippen LogP contribution in [0.4, 0.5) is 0 Å². The quantitative estimate of drug-likeness (QED) is 0.809. The molecule has 0 saturated carbocycles. The van der Waals surface area contributed by atoms with Gasteiger partial charge in [-0.25, -0.2) is 0 Å². The van der Waals surface area contributed by atoms with Gasteiger partial charge in [0.05, 0.1) is 6.26 Å². The Morgan fingerprint density at radius 1 is 1.73 bits per heavy atom. The third-order valence-corrected chi connectivity index (χ3v) is 1.87. The zero-order valence-electron chi connectivity index (χ0n) is 5.96. The molecule has 1 aromatic rings. The van der Waals surface area contributed by atoms with Crippen molar-refractivity contribution in [2.24, 2.45) is 5.73 Å². The van der Waals surface area contributed by atoms with Gasteiger partial charge < -0.3 is 15.3 Å². The molecule has 0 saturated heterocycles. The summed E-state index contributed by atoms with van der Waals surface area (Å²) in [6, 6.07) is 1.68. The first-order valence-corrected chi connectivity index (χ1v) is 4.13. The van der Waals surface area contributed by atoms with Gasteiger partial charge in [-0.15, -0.1) is 0 Å². The number of rotatable bonds is 3. The van der Waals surface area contributed by atoms with Gasteiger partial charge in [0.15, 0.2) is 4.67 Å². The minimum Gasteiger partial charge on any atom is -0.457 e. The molecule has 0 spiro atoms. The van der Waals surface area contributed by atoms with E-state index in [1.54, 1.807) is 12.3 Å². The number of furan rings is 1. The summed E-state index contributed by atoms with van der Waals surface area (Å²) in [6.45, 7) is 0.101. The molecule has 3 N–H and O–H groups in total. The van der Waals surface area contributed by atoms with Gasteiger partial charge in [0.2, 0.25) is 0 Å². The normalized spacial score (nSPS) is 13.4. The van der Waals surface area contributed by atoms with Gasteiger partial charge in [-0.3, -0.25) is 0 Å². The third kappa shape index (κ3) is 2.32. The van der Waals surface area contributed by atoms with Crippen LogP contribution in [0.25, 0.3) is 0 Å². The molecule has 0 fully saturated rings. The van der Waals surface area contributed by atoms with E-state index in [4.69, 9.17) is 15.3 Å². The van der Waals surface area contributed by atoms with E-state index >= 15 is 0 Å². The van der Waals surface area contributed by atoms with Crippen LogP contribution in [0.15, 0.2) is 21.4 Å². The molecule has 11 heavy (non-hydrogen) atoms. The summed E-state index contributed by atoms with van der Waals surface area (Å²) in [7, 11) is 0. The lowest BCUT2D eigenvalue weighted by Gasteiger charge is -2.04. The van der Waals surface area contributed by atoms with E-state index in [0.29, 0.717) is 11.1 Å². The van der Waals surface area contributed by atoms with Gasteiger partial charge >= 0.3 is 0 Å². The predicted molar refractivity (Wildman–Crippen MR) is 45.0 cm³/mol. The SMILES string of the molecule is N[C@@H](CCO)c1coc(Br)c1. The van der Waals surface area contributed by atoms with Crippen molar-refractivity contribution in [1.29, 1.82) is 0 Å². The molecule has 0 unspecified atom stereocenters. The highest BCUT2D eigenvalue weighted by Gasteiger charge is 2.07. The standard InChI is InChI=1S/C7H10BrNO2/c8-7-3-5(4-11-7)6(9)1-2-10/h3-4,6,10H,1-2,9H2/t6-/m0/s1. The fourth-order valence-electron chi connectivity index (χ4n) is 0.824. The summed E-state index contributed by atoms with van der Waals surface area (Å²) in [5, 5.41) is 8.58. The molecule has 0 aliphatic heterocycles. The largest absolute Gasteiger partial charge is 0.457 e. The lowest BCUT2D eigenvalue weighted by Crippen LogP contribution is -2.10. The minimum absolute atomic E-state index is 0.101. The van der Waals surface area contributed by atoms with E-state index in [2.05, 4.69) is 15.9 Å². The molecule has 1 atom stereocenters. The Morgan fingerprint density at radius 3 is 2.91 bits per heavy atom. The molecule has 1 rings (SSSR count). The lowest BCUT2D eigenvalue weighted by molar-refractivity contribution is 0.276. The second kappa shape index (κ2) is 3.90. The highest BCUT2D eigenvalue weighted by Crippen LogP contribution is 2.20. The number of hydrogen-bond donors (Lipinski definition) is 2. The summed E-state index contributed by atoms with van der Waals surface area (Å²) in [5.74, 6) is 0. The predicted octanol–water partition coefficient (Wildman–Crippen LogP) is 1.42. The van der Waals surface area contributed by atoms with E-state index in [-0.39, 0.29) is 12.6 Å². The molecule has 0 aliphatic carbocycles. The van der Waals surface area contributed by atoms with Crippen LogP contribution in [0.2, 0.25) is 0 Å². The van der Waals surface area contributed by atoms with Crippen LogP contribution in [-0.4, -0.2) is 11.7 Å². The van der Waals surface area contributed by atoms with Crippen molar-refractivity contribution in [3.8, 4) is 0 Å². The average molecular weight is 220 g/mol. The van der Waals surface area contributed by atoms with Gasteiger partial charge in [-0.2, -0.15) is 0 Å². The Bertz CT molecular complexity index is 224. The monoisotopic (exact) mass is 219 g/mol. The molecule has 0 aromatic carbocycles. The van der Waals surface area contributed by atoms with Crippen LogP contribution in [0, 0.1) is 0 Å². The number of halogens is 1. The van der Waals surface area contributed by atoms with E-state index in [1.165, 1.54) is 0 Å². The van der Waals surface area contributed by atoms with Gasteiger partial charge in [0.1, 0.15) is 0 Å². The second-order valence-electron chi connectivity index (χ2n) is 2.30. The topological polar surface area (TPSA) is 59.4 Å². The van der Waals surface area contributed by atoms with E-state index in [9.17, 15) is 0 Å². The van der Waals surface area contributed by atoms with Gasteiger partial charge in [-0.05, 0) is 28.4 Å². The van der Waals surface area contributed by atoms with Gasteiger partial charge in [0.25, 0.3) is 0 Å². The molecule has 3 nitrogen and oxygen atoms in total. The number of aliphatic hydroxyl groups is 1. The fraction of sp³-hybridized carbons (Fsp3) is 0.429. The molecule has 1 aromatic heterocycles. The first kappa shape index (κ1) is 8.77. The summed E-state index contributed by atoms with van der Waals surface area (Å²) >= 11 is 3.17. The van der Waals surface area contributed by atoms with Crippen LogP contribution in [0.5, 0.6) is 0 Å². The van der Waals surface area contributed by atoms with Crippen LogP contribution in [0.3, 0.4) is 0 Å². The Balaban J connectivity index is 2.60. The first-order chi connectivity index (χ1) is 5.24. The van der Waals surface area contributed by atoms with Crippen molar-refractivity contribution in [1.82, 2.24) is 0 Å². The molecule has 1 heterocycles. The maximum atomic E-state index is 8.58. The minimum atomic E-state index is -0.130. The number of aliphatic hydroxyl groups excluding tert-OH is 1. The molecular formula is C7H10BrNO2. The number of nitrogens with two attached hydrogens (primary N) is 1. The second-order valence-corrected chi connectivity index (χ2v) is 3.08. The third-order valence-electron chi connectivity index (χ3n) is 1.46. The molecule has 0 radical (unpaired) electrons. The zero-order valence-corrected chi connectivity index (χ0v) is 7.54. The Morgan fingerprint density at radius 2 is 2.45 bits per heavy atom. The summed E-state index contributed by atoms with van der Waals surface area (Å²) in [5.41, 5.74) is 6.59. The Hall–Kier alpha value is -0.320. The van der Waals surface area contributed by atoms with Crippen LogP contribution < -0.4 is 5.73 Å². The molecule has 0 amide bonds. The summed E-state index contributed by atoms with van der Waals surface area (Å²) in [6.07, 6.45) is 2.15. The molecular weight excluding hydrogens is 210 g/mol. The van der Waals surface area contributed by atoms with E-state index in [0.717, 1.165) is 5.56 Å². The zero-order chi connectivity index (χ0) is 8.27. The smallest absolute Gasteiger partial charge is 0.169 e. The van der Waals surface area contributed by atoms with Crippen molar-refractivity contribution in [2.45, 2.75) is 12.5 Å². The highest BCUT2D eigenvalue weighted by atomic mass is 79.9. The molecule has 62 valence electrons. The summed E-state index contributed by atoms with van der Waals surface area (Å²) < 4.78 is 5.65. The fourth-order valence-corrected chi connectivity index (χ4v) is 1.18. The highest BCUT2D eigenvalue weighted by molar-refractivity contribution is 9.10. The van der Waals surface area contributed by atoms with Crippen molar-refractivity contribution < 1.29 is 9.52 Å². The van der Waals surface area contributed by atoms with Crippen molar-refractivity contribution in [3.05, 3.63) is 22.6 Å². The van der Waals surface area contributed by atoms with Crippen molar-refractivity contribution >= 4 is 15.9 Å². The molecule has 0 aliphatic rings. The van der Waals surface area contributed by atoms with E-state index in [1.807, 2.05) is 0 Å². The molecule has 4 heteroatoms. The van der Waals surface area contributed by atoms with Gasteiger partial charge in [-0.1, -0.05) is 0 Å². The van der Waals surface area contributed by atoms with Crippen LogP contribution >= 0.6 is 15.9 Å². The maximum Gasteiger partial charge on any atom is 0.169 e. The summed E-state index contributed by atoms with van der Waals surface area (Å²) in [4.78, 5) is 0. The van der Waals surface area contributed by atoms with Crippen molar-refractivity contribution in [2.75, 3.05) is 6.61 Å². The Labute approximate surface area is 73.3 Å². The average Bonchev–Trinajstić information content (AvgIpc) is 2.36.